The molecule has 2 aromatic carbocycles. The molecule has 0 radical (unpaired) electrons. The average molecular weight is 380 g/mol. The van der Waals surface area contributed by atoms with E-state index in [-0.39, 0.29) is 0 Å². The van der Waals surface area contributed by atoms with E-state index in [0.717, 1.165) is 10.9 Å². The van der Waals surface area contributed by atoms with Crippen LogP contribution in [0.2, 0.25) is 0 Å². The quantitative estimate of drug-likeness (QED) is 0.665. The molecule has 7 heteroatoms. The molecule has 3 aromatic rings. The van der Waals surface area contributed by atoms with Gasteiger partial charge in [-0.25, -0.2) is 4.79 Å². The zero-order valence-corrected chi connectivity index (χ0v) is 15.6. The summed E-state index contributed by atoms with van der Waals surface area (Å²) in [6.45, 7) is 2.12. The molecule has 0 fully saturated rings. The van der Waals surface area contributed by atoms with Crippen molar-refractivity contribution in [3.63, 3.8) is 0 Å². The van der Waals surface area contributed by atoms with Gasteiger partial charge >= 0.3 is 5.97 Å². The second-order valence-electron chi connectivity index (χ2n) is 6.03. The molecule has 0 saturated carbocycles. The number of benzene rings is 2. The van der Waals surface area contributed by atoms with Crippen LogP contribution in [0, 0.1) is 0 Å². The topological polar surface area (TPSA) is 86.6 Å². The molecular weight excluding hydrogens is 360 g/mol. The zero-order chi connectivity index (χ0) is 20.1. The van der Waals surface area contributed by atoms with Crippen LogP contribution in [-0.2, 0) is 16.1 Å². The number of methoxy groups -OCH3 is 1. The molecule has 2 amide bonds. The van der Waals surface area contributed by atoms with Crippen molar-refractivity contribution in [1.82, 2.24) is 9.88 Å². The number of imide groups is 1. The normalized spacial score (nSPS) is 10.5. The maximum Gasteiger partial charge on any atom is 0.340 e. The van der Waals surface area contributed by atoms with Gasteiger partial charge in [0.15, 0.2) is 6.61 Å². The first-order valence-corrected chi connectivity index (χ1v) is 8.76. The van der Waals surface area contributed by atoms with Crippen LogP contribution in [0.15, 0.2) is 54.7 Å². The number of nitrogens with zero attached hydrogens (tertiary/aromatic N) is 1. The van der Waals surface area contributed by atoms with Gasteiger partial charge < -0.3 is 14.0 Å². The summed E-state index contributed by atoms with van der Waals surface area (Å²) in [7, 11) is 1.52. The summed E-state index contributed by atoms with van der Waals surface area (Å²) in [4.78, 5) is 36.4. The minimum absolute atomic E-state index is 0.298. The number of carbonyl (C=O) groups excluding carboxylic acids is 3. The van der Waals surface area contributed by atoms with Crippen molar-refractivity contribution in [2.75, 3.05) is 13.7 Å². The van der Waals surface area contributed by atoms with Gasteiger partial charge in [0.2, 0.25) is 0 Å². The number of para-hydroxylation sites is 1. The number of carbonyl (C=O) groups is 3. The van der Waals surface area contributed by atoms with Crippen LogP contribution in [0.5, 0.6) is 5.75 Å². The predicted molar refractivity (Wildman–Crippen MR) is 103 cm³/mol. The fourth-order valence-corrected chi connectivity index (χ4v) is 2.86. The number of rotatable bonds is 6. The Bertz CT molecular complexity index is 1020. The molecule has 0 aliphatic heterocycles. The lowest BCUT2D eigenvalue weighted by molar-refractivity contribution is -0.123. The van der Waals surface area contributed by atoms with Gasteiger partial charge in [-0.05, 0) is 37.3 Å². The highest BCUT2D eigenvalue weighted by atomic mass is 16.5. The minimum Gasteiger partial charge on any atom is -0.497 e. The van der Waals surface area contributed by atoms with Crippen molar-refractivity contribution in [2.45, 2.75) is 13.5 Å². The van der Waals surface area contributed by atoms with E-state index in [1.165, 1.54) is 19.2 Å². The molecule has 0 aliphatic carbocycles. The first-order valence-electron chi connectivity index (χ1n) is 8.76. The van der Waals surface area contributed by atoms with Gasteiger partial charge in [-0.1, -0.05) is 18.2 Å². The van der Waals surface area contributed by atoms with Gasteiger partial charge in [-0.15, -0.1) is 0 Å². The summed E-state index contributed by atoms with van der Waals surface area (Å²) in [6.07, 6.45) is 1.70. The number of amides is 2. The van der Waals surface area contributed by atoms with Gasteiger partial charge in [0, 0.05) is 29.2 Å². The van der Waals surface area contributed by atoms with Crippen molar-refractivity contribution in [3.05, 3.63) is 65.9 Å². The number of hydrogen-bond acceptors (Lipinski definition) is 5. The molecule has 0 bridgehead atoms. The van der Waals surface area contributed by atoms with Gasteiger partial charge in [0.25, 0.3) is 11.8 Å². The molecule has 0 saturated heterocycles. The van der Waals surface area contributed by atoms with Crippen molar-refractivity contribution in [3.8, 4) is 5.75 Å². The molecular formula is C21H20N2O5. The van der Waals surface area contributed by atoms with Gasteiger partial charge in [-0.3, -0.25) is 14.9 Å². The summed E-state index contributed by atoms with van der Waals surface area (Å²) in [5, 5.41) is 2.95. The Morgan fingerprint density at radius 3 is 2.43 bits per heavy atom. The highest BCUT2D eigenvalue weighted by Gasteiger charge is 2.18. The number of esters is 1. The lowest BCUT2D eigenvalue weighted by atomic mass is 10.2. The largest absolute Gasteiger partial charge is 0.497 e. The van der Waals surface area contributed by atoms with Gasteiger partial charge in [0.05, 0.1) is 12.7 Å². The molecule has 1 aromatic heterocycles. The van der Waals surface area contributed by atoms with Crippen LogP contribution in [-0.4, -0.2) is 36.1 Å². The summed E-state index contributed by atoms with van der Waals surface area (Å²) < 4.78 is 12.0. The molecule has 0 aliphatic rings. The van der Waals surface area contributed by atoms with E-state index in [4.69, 9.17) is 9.47 Å². The predicted octanol–water partition coefficient (Wildman–Crippen LogP) is 2.78. The van der Waals surface area contributed by atoms with E-state index in [2.05, 4.69) is 5.32 Å². The lowest BCUT2D eigenvalue weighted by Crippen LogP contribution is -2.34. The van der Waals surface area contributed by atoms with Gasteiger partial charge in [0.1, 0.15) is 5.75 Å². The molecule has 144 valence electrons. The van der Waals surface area contributed by atoms with Crippen LogP contribution in [0.3, 0.4) is 0 Å². The van der Waals surface area contributed by atoms with Crippen LogP contribution in [0.4, 0.5) is 0 Å². The first kappa shape index (κ1) is 19.2. The number of fused-ring (bicyclic) bond motifs is 1. The Balaban J connectivity index is 1.61. The maximum absolute atomic E-state index is 12.4. The van der Waals surface area contributed by atoms with Gasteiger partial charge in [-0.2, -0.15) is 0 Å². The Hall–Kier alpha value is -3.61. The fourth-order valence-electron chi connectivity index (χ4n) is 2.86. The van der Waals surface area contributed by atoms with Crippen molar-refractivity contribution in [2.24, 2.45) is 0 Å². The van der Waals surface area contributed by atoms with Crippen LogP contribution in [0.25, 0.3) is 10.9 Å². The molecule has 0 unspecified atom stereocenters. The Morgan fingerprint density at radius 2 is 1.75 bits per heavy atom. The molecule has 1 heterocycles. The van der Waals surface area contributed by atoms with Crippen molar-refractivity contribution in [1.29, 1.82) is 0 Å². The molecule has 28 heavy (non-hydrogen) atoms. The molecule has 7 nitrogen and oxygen atoms in total. The maximum atomic E-state index is 12.4. The third-order valence-electron chi connectivity index (χ3n) is 4.29. The Morgan fingerprint density at radius 1 is 1.04 bits per heavy atom. The number of hydrogen-bond donors (Lipinski definition) is 1. The van der Waals surface area contributed by atoms with Crippen LogP contribution < -0.4 is 10.1 Å². The van der Waals surface area contributed by atoms with Crippen molar-refractivity contribution >= 4 is 28.7 Å². The number of ether oxygens (including phenoxy) is 2. The zero-order valence-electron chi connectivity index (χ0n) is 15.6. The van der Waals surface area contributed by atoms with E-state index in [9.17, 15) is 14.4 Å². The number of aryl methyl sites for hydroxylation is 1. The third kappa shape index (κ3) is 4.03. The molecule has 0 atom stereocenters. The summed E-state index contributed by atoms with van der Waals surface area (Å²) in [6, 6.07) is 13.8. The van der Waals surface area contributed by atoms with Crippen LogP contribution in [0.1, 0.15) is 27.6 Å². The lowest BCUT2D eigenvalue weighted by Gasteiger charge is -2.06. The minimum atomic E-state index is -0.701. The second kappa shape index (κ2) is 8.39. The van der Waals surface area contributed by atoms with E-state index in [0.29, 0.717) is 23.4 Å². The second-order valence-corrected chi connectivity index (χ2v) is 6.03. The SMILES string of the molecule is CCn1cc(C(=O)OCC(=O)NC(=O)c2ccc(OC)cc2)c2ccccc21. The Kier molecular flexibility index (Phi) is 5.74. The van der Waals surface area contributed by atoms with Crippen LogP contribution >= 0.6 is 0 Å². The summed E-state index contributed by atoms with van der Waals surface area (Å²) in [5.41, 5.74) is 1.59. The average Bonchev–Trinajstić information content (AvgIpc) is 3.11. The van der Waals surface area contributed by atoms with E-state index in [1.54, 1.807) is 18.3 Å². The first-order chi connectivity index (χ1) is 13.5. The van der Waals surface area contributed by atoms with E-state index < -0.39 is 24.4 Å². The smallest absolute Gasteiger partial charge is 0.340 e. The fraction of sp³-hybridized carbons (Fsp3) is 0.190. The third-order valence-corrected chi connectivity index (χ3v) is 4.29. The van der Waals surface area contributed by atoms with E-state index >= 15 is 0 Å². The standard InChI is InChI=1S/C21H20N2O5/c1-3-23-12-17(16-6-4-5-7-18(16)23)21(26)28-13-19(24)22-20(25)14-8-10-15(27-2)11-9-14/h4-12H,3,13H2,1-2H3,(H,22,24,25). The summed E-state index contributed by atoms with van der Waals surface area (Å²) >= 11 is 0. The number of aromatic nitrogens is 1. The van der Waals surface area contributed by atoms with E-state index in [1.807, 2.05) is 35.8 Å². The van der Waals surface area contributed by atoms with Crippen molar-refractivity contribution < 1.29 is 23.9 Å². The number of nitrogens with one attached hydrogen (secondary N) is 1. The molecule has 1 N–H and O–H groups in total. The monoisotopic (exact) mass is 380 g/mol. The molecule has 3 rings (SSSR count). The highest BCUT2D eigenvalue weighted by molar-refractivity contribution is 6.07. The highest BCUT2D eigenvalue weighted by Crippen LogP contribution is 2.22. The summed E-state index contributed by atoms with van der Waals surface area (Å²) in [5.74, 6) is -1.29. The molecule has 0 spiro atoms. The Labute approximate surface area is 161 Å².